The van der Waals surface area contributed by atoms with E-state index in [-0.39, 0.29) is 36.8 Å². The Bertz CT molecular complexity index is 1480. The summed E-state index contributed by atoms with van der Waals surface area (Å²) in [5.41, 5.74) is 5.79. The number of rotatable bonds is 8. The summed E-state index contributed by atoms with van der Waals surface area (Å²) in [4.78, 5) is 43.0. The van der Waals surface area contributed by atoms with Gasteiger partial charge in [0.05, 0.1) is 32.4 Å². The number of nitrogens with zero attached hydrogens (tertiary/aromatic N) is 2. The van der Waals surface area contributed by atoms with Crippen LogP contribution in [0.4, 0.5) is 11.5 Å². The van der Waals surface area contributed by atoms with Gasteiger partial charge in [-0.3, -0.25) is 24.0 Å². The number of nitrogens with one attached hydrogen (secondary N) is 1. The van der Waals surface area contributed by atoms with Crippen LogP contribution in [-0.4, -0.2) is 36.3 Å². The van der Waals surface area contributed by atoms with Gasteiger partial charge in [-0.25, -0.2) is 4.79 Å². The zero-order valence-corrected chi connectivity index (χ0v) is 19.5. The van der Waals surface area contributed by atoms with Crippen LogP contribution in [0, 0.1) is 0 Å². The van der Waals surface area contributed by atoms with Gasteiger partial charge in [0.1, 0.15) is 11.6 Å². The number of hydrogen-bond acceptors (Lipinski definition) is 6. The number of nitrogens with two attached hydrogens (primary N) is 1. The van der Waals surface area contributed by atoms with E-state index in [1.54, 1.807) is 12.1 Å². The van der Waals surface area contributed by atoms with E-state index in [0.29, 0.717) is 5.75 Å². The van der Waals surface area contributed by atoms with E-state index in [0.717, 1.165) is 16.3 Å². The highest BCUT2D eigenvalue weighted by molar-refractivity contribution is 6.11. The zero-order valence-electron chi connectivity index (χ0n) is 19.5. The Morgan fingerprint density at radius 3 is 2.31 bits per heavy atom. The lowest BCUT2D eigenvalue weighted by molar-refractivity contribution is 0.0982. The molecule has 0 radical (unpaired) electrons. The fourth-order valence-corrected chi connectivity index (χ4v) is 3.96. The van der Waals surface area contributed by atoms with E-state index in [1.807, 2.05) is 54.6 Å². The number of H-pyrrole nitrogens is 1. The molecule has 9 heteroatoms. The minimum atomic E-state index is -0.759. The molecule has 35 heavy (non-hydrogen) atoms. The van der Waals surface area contributed by atoms with Crippen LogP contribution in [-0.2, 0) is 17.8 Å². The van der Waals surface area contributed by atoms with Crippen molar-refractivity contribution >= 4 is 28.2 Å². The second kappa shape index (κ2) is 10.3. The molecule has 3 aromatic carbocycles. The molecule has 1 heterocycles. The standard InChI is InChI=1S/C26H26N4O5/c1-34-13-12-29-23(27)22(24(31)28-26(29)33)30(16-17-8-4-3-5-9-17)25(32)20-14-18-10-6-7-11-19(18)15-21(20)35-2/h3-11,14-15H,12-13,16,27H2,1-2H3,(H,28,31,33). The van der Waals surface area contributed by atoms with Crippen LogP contribution in [0.3, 0.4) is 0 Å². The Labute approximate surface area is 201 Å². The molecule has 1 amide bonds. The molecular formula is C26H26N4O5. The SMILES string of the molecule is COCCn1c(N)c(N(Cc2ccccc2)C(=O)c2cc3ccccc3cc2OC)c(=O)[nH]c1=O. The molecule has 0 unspecified atom stereocenters. The van der Waals surface area contributed by atoms with Crippen LogP contribution in [0.25, 0.3) is 10.8 Å². The average molecular weight is 475 g/mol. The van der Waals surface area contributed by atoms with E-state index >= 15 is 0 Å². The van der Waals surface area contributed by atoms with Gasteiger partial charge in [0.15, 0.2) is 5.69 Å². The molecule has 0 fully saturated rings. The minimum Gasteiger partial charge on any atom is -0.496 e. The highest BCUT2D eigenvalue weighted by Gasteiger charge is 2.28. The number of methoxy groups -OCH3 is 2. The van der Waals surface area contributed by atoms with Gasteiger partial charge < -0.3 is 15.2 Å². The third kappa shape index (κ3) is 4.80. The Kier molecular flexibility index (Phi) is 6.98. The predicted molar refractivity (Wildman–Crippen MR) is 135 cm³/mol. The molecule has 4 rings (SSSR count). The van der Waals surface area contributed by atoms with Gasteiger partial charge >= 0.3 is 5.69 Å². The smallest absolute Gasteiger partial charge is 0.330 e. The molecule has 3 N–H and O–H groups in total. The molecule has 9 nitrogen and oxygen atoms in total. The van der Waals surface area contributed by atoms with Gasteiger partial charge in [-0.15, -0.1) is 0 Å². The van der Waals surface area contributed by atoms with Crippen molar-refractivity contribution < 1.29 is 14.3 Å². The summed E-state index contributed by atoms with van der Waals surface area (Å²) in [5.74, 6) is -0.264. The van der Waals surface area contributed by atoms with Crippen molar-refractivity contribution in [2.75, 3.05) is 31.5 Å². The molecule has 0 atom stereocenters. The molecular weight excluding hydrogens is 448 g/mol. The largest absolute Gasteiger partial charge is 0.496 e. The molecule has 4 aromatic rings. The molecule has 0 saturated heterocycles. The van der Waals surface area contributed by atoms with Crippen LogP contribution in [0.1, 0.15) is 15.9 Å². The number of amides is 1. The van der Waals surface area contributed by atoms with Crippen molar-refractivity contribution in [3.63, 3.8) is 0 Å². The monoisotopic (exact) mass is 474 g/mol. The number of aromatic amines is 1. The molecule has 0 aliphatic heterocycles. The molecule has 0 aliphatic carbocycles. The average Bonchev–Trinajstić information content (AvgIpc) is 2.87. The molecule has 0 aliphatic rings. The van der Waals surface area contributed by atoms with Crippen LogP contribution in [0.5, 0.6) is 5.75 Å². The molecule has 180 valence electrons. The van der Waals surface area contributed by atoms with Crippen LogP contribution in [0.15, 0.2) is 76.3 Å². The van der Waals surface area contributed by atoms with Crippen molar-refractivity contribution in [2.24, 2.45) is 0 Å². The Morgan fingerprint density at radius 2 is 1.66 bits per heavy atom. The highest BCUT2D eigenvalue weighted by Crippen LogP contribution is 2.30. The van der Waals surface area contributed by atoms with Gasteiger partial charge in [-0.05, 0) is 28.5 Å². The number of carbonyl (C=O) groups excluding carboxylic acids is 1. The van der Waals surface area contributed by atoms with Crippen molar-refractivity contribution in [3.05, 3.63) is 98.7 Å². The lowest BCUT2D eigenvalue weighted by Gasteiger charge is -2.25. The van der Waals surface area contributed by atoms with Gasteiger partial charge in [0, 0.05) is 7.11 Å². The summed E-state index contributed by atoms with van der Waals surface area (Å²) in [5, 5.41) is 1.74. The van der Waals surface area contributed by atoms with Crippen molar-refractivity contribution in [1.29, 1.82) is 0 Å². The quantitative estimate of drug-likeness (QED) is 0.405. The lowest BCUT2D eigenvalue weighted by Crippen LogP contribution is -2.41. The predicted octanol–water partition coefficient (Wildman–Crippen LogP) is 2.77. The number of carbonyl (C=O) groups is 1. The fourth-order valence-electron chi connectivity index (χ4n) is 3.96. The van der Waals surface area contributed by atoms with E-state index in [4.69, 9.17) is 15.2 Å². The summed E-state index contributed by atoms with van der Waals surface area (Å²) in [6.07, 6.45) is 0. The maximum Gasteiger partial charge on any atom is 0.330 e. The van der Waals surface area contributed by atoms with E-state index in [9.17, 15) is 14.4 Å². The first-order valence-electron chi connectivity index (χ1n) is 11.0. The van der Waals surface area contributed by atoms with E-state index < -0.39 is 17.2 Å². The van der Waals surface area contributed by atoms with Gasteiger partial charge in [0.2, 0.25) is 0 Å². The molecule has 1 aromatic heterocycles. The normalized spacial score (nSPS) is 10.9. The maximum atomic E-state index is 14.0. The summed E-state index contributed by atoms with van der Waals surface area (Å²) < 4.78 is 11.8. The van der Waals surface area contributed by atoms with Gasteiger partial charge in [-0.1, -0.05) is 54.6 Å². The molecule has 0 spiro atoms. The second-order valence-corrected chi connectivity index (χ2v) is 7.91. The number of aromatic nitrogens is 2. The topological polar surface area (TPSA) is 120 Å². The first-order chi connectivity index (χ1) is 16.9. The third-order valence-corrected chi connectivity index (χ3v) is 5.73. The zero-order chi connectivity index (χ0) is 24.9. The number of nitrogen functional groups attached to an aromatic ring is 1. The van der Waals surface area contributed by atoms with Crippen LogP contribution >= 0.6 is 0 Å². The van der Waals surface area contributed by atoms with Gasteiger partial charge in [-0.2, -0.15) is 0 Å². The summed E-state index contributed by atoms with van der Waals surface area (Å²) in [7, 11) is 2.97. The first kappa shape index (κ1) is 23.8. The van der Waals surface area contributed by atoms with E-state index in [2.05, 4.69) is 4.98 Å². The van der Waals surface area contributed by atoms with Crippen LogP contribution < -0.4 is 26.6 Å². The number of fused-ring (bicyclic) bond motifs is 1. The Morgan fingerprint density at radius 1 is 1.00 bits per heavy atom. The number of anilines is 2. The van der Waals surface area contributed by atoms with Crippen LogP contribution in [0.2, 0.25) is 0 Å². The summed E-state index contributed by atoms with van der Waals surface area (Å²) >= 11 is 0. The highest BCUT2D eigenvalue weighted by atomic mass is 16.5. The Balaban J connectivity index is 1.91. The van der Waals surface area contributed by atoms with Gasteiger partial charge in [0.25, 0.3) is 11.5 Å². The van der Waals surface area contributed by atoms with E-state index in [1.165, 1.54) is 23.7 Å². The Hall–Kier alpha value is -4.37. The van der Waals surface area contributed by atoms with Crippen molar-refractivity contribution in [1.82, 2.24) is 9.55 Å². The lowest BCUT2D eigenvalue weighted by atomic mass is 10.0. The molecule has 0 bridgehead atoms. The summed E-state index contributed by atoms with van der Waals surface area (Å²) in [6.45, 7) is 0.351. The fraction of sp³-hybridized carbons (Fsp3) is 0.192. The second-order valence-electron chi connectivity index (χ2n) is 7.91. The maximum absolute atomic E-state index is 14.0. The number of benzene rings is 3. The molecule has 0 saturated carbocycles. The number of ether oxygens (including phenoxy) is 2. The first-order valence-corrected chi connectivity index (χ1v) is 11.0. The van der Waals surface area contributed by atoms with Crippen molar-refractivity contribution in [2.45, 2.75) is 13.1 Å². The number of hydrogen-bond donors (Lipinski definition) is 2. The third-order valence-electron chi connectivity index (χ3n) is 5.73. The summed E-state index contributed by atoms with van der Waals surface area (Å²) in [6, 6.07) is 20.3. The van der Waals surface area contributed by atoms with Crippen molar-refractivity contribution in [3.8, 4) is 5.75 Å². The minimum absolute atomic E-state index is 0.0470.